The first-order chi connectivity index (χ1) is 18.1. The zero-order valence-electron chi connectivity index (χ0n) is 23.8. The van der Waals surface area contributed by atoms with E-state index in [4.69, 9.17) is 16.3 Å². The minimum absolute atomic E-state index is 0.0910. The third-order valence-electron chi connectivity index (χ3n) is 6.31. The molecule has 0 fully saturated rings. The lowest BCUT2D eigenvalue weighted by atomic mass is 10.1. The molecule has 1 aromatic rings. The van der Waals surface area contributed by atoms with Crippen LogP contribution in [0.3, 0.4) is 0 Å². The van der Waals surface area contributed by atoms with Crippen LogP contribution in [-0.4, -0.2) is 38.5 Å². The van der Waals surface area contributed by atoms with E-state index in [0.29, 0.717) is 23.3 Å². The van der Waals surface area contributed by atoms with Crippen molar-refractivity contribution in [1.82, 2.24) is 15.0 Å². The van der Waals surface area contributed by atoms with Gasteiger partial charge in [0.2, 0.25) is 5.28 Å². The largest absolute Gasteiger partial charge is 0.466 e. The molecule has 0 N–H and O–H groups in total. The Morgan fingerprint density at radius 1 is 0.730 bits per heavy atom. The predicted molar refractivity (Wildman–Crippen MR) is 161 cm³/mol. The van der Waals surface area contributed by atoms with Crippen LogP contribution in [0.2, 0.25) is 5.28 Å². The highest BCUT2D eigenvalue weighted by Gasteiger charge is 2.19. The average Bonchev–Trinajstić information content (AvgIpc) is 2.87. The molecule has 0 amide bonds. The standard InChI is InChI=1S/C29H52ClN3O2S2/c1-4-7-9-10-11-12-13-14-15-16-17-18-20-23-36-28-31-27(30)32-29(33-28)37-25(21-19-8-5-2)24-26(34)35-22-6-3/h25H,4-24H2,1-3H3. The number of hydrogen-bond acceptors (Lipinski definition) is 7. The first kappa shape index (κ1) is 34.5. The number of unbranched alkanes of at least 4 members (excludes halogenated alkanes) is 14. The molecule has 1 aromatic heterocycles. The van der Waals surface area contributed by atoms with E-state index in [1.54, 1.807) is 11.8 Å². The van der Waals surface area contributed by atoms with E-state index in [2.05, 4.69) is 28.8 Å². The summed E-state index contributed by atoms with van der Waals surface area (Å²) in [6.07, 6.45) is 23.2. The van der Waals surface area contributed by atoms with Crippen LogP contribution in [0.25, 0.3) is 0 Å². The van der Waals surface area contributed by atoms with Crippen LogP contribution in [0, 0.1) is 0 Å². The molecule has 1 atom stereocenters. The normalized spacial score (nSPS) is 12.1. The lowest BCUT2D eigenvalue weighted by Crippen LogP contribution is -2.15. The quantitative estimate of drug-likeness (QED) is 0.0654. The fourth-order valence-corrected chi connectivity index (χ4v) is 6.38. The summed E-state index contributed by atoms with van der Waals surface area (Å²) in [5, 5.41) is 1.61. The second kappa shape index (κ2) is 24.5. The fourth-order valence-electron chi connectivity index (χ4n) is 4.15. The summed E-state index contributed by atoms with van der Waals surface area (Å²) in [6, 6.07) is 0. The van der Waals surface area contributed by atoms with Gasteiger partial charge in [-0.05, 0) is 30.9 Å². The molecule has 0 saturated carbocycles. The maximum atomic E-state index is 12.2. The molecule has 0 saturated heterocycles. The number of rotatable bonds is 25. The van der Waals surface area contributed by atoms with Crippen LogP contribution < -0.4 is 0 Å². The molecule has 0 radical (unpaired) electrons. The van der Waals surface area contributed by atoms with Crippen molar-refractivity contribution in [2.45, 2.75) is 158 Å². The van der Waals surface area contributed by atoms with E-state index in [0.717, 1.165) is 44.3 Å². The summed E-state index contributed by atoms with van der Waals surface area (Å²) in [4.78, 5) is 25.5. The van der Waals surface area contributed by atoms with Crippen molar-refractivity contribution in [1.29, 1.82) is 0 Å². The fraction of sp³-hybridized carbons (Fsp3) is 0.862. The monoisotopic (exact) mass is 573 g/mol. The number of halogens is 1. The van der Waals surface area contributed by atoms with Gasteiger partial charge in [0.25, 0.3) is 0 Å². The van der Waals surface area contributed by atoms with Crippen molar-refractivity contribution in [3.63, 3.8) is 0 Å². The molecule has 0 aliphatic rings. The van der Waals surface area contributed by atoms with Gasteiger partial charge in [0.1, 0.15) is 0 Å². The topological polar surface area (TPSA) is 65.0 Å². The van der Waals surface area contributed by atoms with E-state index < -0.39 is 0 Å². The second-order valence-electron chi connectivity index (χ2n) is 9.92. The minimum atomic E-state index is -0.145. The summed E-state index contributed by atoms with van der Waals surface area (Å²) in [5.41, 5.74) is 0. The Bertz CT molecular complexity index is 697. The minimum Gasteiger partial charge on any atom is -0.466 e. The lowest BCUT2D eigenvalue weighted by molar-refractivity contribution is -0.143. The molecule has 0 aliphatic carbocycles. The smallest absolute Gasteiger partial charge is 0.306 e. The van der Waals surface area contributed by atoms with Gasteiger partial charge in [0, 0.05) is 11.0 Å². The van der Waals surface area contributed by atoms with Crippen molar-refractivity contribution >= 4 is 41.1 Å². The zero-order chi connectivity index (χ0) is 27.0. The van der Waals surface area contributed by atoms with Crippen molar-refractivity contribution in [2.24, 2.45) is 0 Å². The lowest BCUT2D eigenvalue weighted by Gasteiger charge is -2.15. The highest BCUT2D eigenvalue weighted by molar-refractivity contribution is 8.00. The van der Waals surface area contributed by atoms with Crippen LogP contribution in [0.15, 0.2) is 10.3 Å². The SMILES string of the molecule is CCCCCCCCCCCCCCCSc1nc(Cl)nc(SC(CCCCC)CC(=O)OCCC)n1. The van der Waals surface area contributed by atoms with Crippen LogP contribution >= 0.6 is 35.1 Å². The molecular formula is C29H52ClN3O2S2. The highest BCUT2D eigenvalue weighted by atomic mass is 35.5. The van der Waals surface area contributed by atoms with Gasteiger partial charge in [0.15, 0.2) is 10.3 Å². The van der Waals surface area contributed by atoms with Crippen LogP contribution in [0.5, 0.6) is 0 Å². The van der Waals surface area contributed by atoms with Crippen molar-refractivity contribution < 1.29 is 9.53 Å². The molecule has 1 unspecified atom stereocenters. The van der Waals surface area contributed by atoms with Gasteiger partial charge >= 0.3 is 5.97 Å². The number of thioether (sulfide) groups is 2. The molecule has 0 bridgehead atoms. The van der Waals surface area contributed by atoms with Crippen molar-refractivity contribution in [3.05, 3.63) is 5.28 Å². The summed E-state index contributed by atoms with van der Waals surface area (Å²) < 4.78 is 5.31. The summed E-state index contributed by atoms with van der Waals surface area (Å²) >= 11 is 9.40. The van der Waals surface area contributed by atoms with Crippen LogP contribution in [0.4, 0.5) is 0 Å². The van der Waals surface area contributed by atoms with Crippen molar-refractivity contribution in [2.75, 3.05) is 12.4 Å². The van der Waals surface area contributed by atoms with E-state index >= 15 is 0 Å². The highest BCUT2D eigenvalue weighted by Crippen LogP contribution is 2.29. The van der Waals surface area contributed by atoms with Gasteiger partial charge in [-0.3, -0.25) is 4.79 Å². The zero-order valence-corrected chi connectivity index (χ0v) is 26.2. The van der Waals surface area contributed by atoms with Crippen LogP contribution in [0.1, 0.15) is 143 Å². The Morgan fingerprint density at radius 3 is 1.86 bits per heavy atom. The number of hydrogen-bond donors (Lipinski definition) is 0. The number of carbonyl (C=O) groups is 1. The van der Waals surface area contributed by atoms with E-state index in [1.165, 1.54) is 88.8 Å². The molecule has 5 nitrogen and oxygen atoms in total. The molecule has 37 heavy (non-hydrogen) atoms. The van der Waals surface area contributed by atoms with Gasteiger partial charge in [0.05, 0.1) is 13.0 Å². The summed E-state index contributed by atoms with van der Waals surface area (Å²) in [6.45, 7) is 6.94. The van der Waals surface area contributed by atoms with Gasteiger partial charge in [-0.2, -0.15) is 15.0 Å². The third kappa shape index (κ3) is 20.1. The Labute approximate surface area is 240 Å². The van der Waals surface area contributed by atoms with Crippen LogP contribution in [-0.2, 0) is 9.53 Å². The Hall–Kier alpha value is -0.530. The number of ether oxygens (including phenoxy) is 1. The van der Waals surface area contributed by atoms with Gasteiger partial charge in [-0.25, -0.2) is 0 Å². The molecular weight excluding hydrogens is 522 g/mol. The molecule has 8 heteroatoms. The first-order valence-electron chi connectivity index (χ1n) is 15.0. The molecule has 1 rings (SSSR count). The van der Waals surface area contributed by atoms with Gasteiger partial charge in [-0.15, -0.1) is 0 Å². The summed E-state index contributed by atoms with van der Waals surface area (Å²) in [7, 11) is 0. The molecule has 0 aromatic carbocycles. The number of esters is 1. The van der Waals surface area contributed by atoms with Gasteiger partial charge in [-0.1, -0.05) is 141 Å². The van der Waals surface area contributed by atoms with Gasteiger partial charge < -0.3 is 4.74 Å². The molecule has 1 heterocycles. The van der Waals surface area contributed by atoms with E-state index in [-0.39, 0.29) is 16.5 Å². The second-order valence-corrected chi connectivity index (χ2v) is 12.6. The van der Waals surface area contributed by atoms with Crippen molar-refractivity contribution in [3.8, 4) is 0 Å². The predicted octanol–water partition coefficient (Wildman–Crippen LogP) is 10.1. The van der Waals surface area contributed by atoms with E-state index in [9.17, 15) is 4.79 Å². The number of nitrogens with zero attached hydrogens (tertiary/aromatic N) is 3. The molecule has 0 spiro atoms. The molecule has 0 aliphatic heterocycles. The average molecular weight is 574 g/mol. The Kier molecular flexibility index (Phi) is 22.8. The maximum Gasteiger partial charge on any atom is 0.306 e. The van der Waals surface area contributed by atoms with E-state index in [1.807, 2.05) is 6.92 Å². The Balaban J connectivity index is 2.30. The first-order valence-corrected chi connectivity index (χ1v) is 17.2. The summed E-state index contributed by atoms with van der Waals surface area (Å²) in [5.74, 6) is 0.846. The number of carbonyl (C=O) groups excluding carboxylic acids is 1. The Morgan fingerprint density at radius 2 is 1.27 bits per heavy atom. The molecule has 214 valence electrons. The number of aromatic nitrogens is 3. The third-order valence-corrected chi connectivity index (χ3v) is 8.54. The maximum absolute atomic E-state index is 12.2.